The predicted octanol–water partition coefficient (Wildman–Crippen LogP) is 4.52. The van der Waals surface area contributed by atoms with Crippen LogP contribution in [0.5, 0.6) is 0 Å². The highest BCUT2D eigenvalue weighted by molar-refractivity contribution is 8.26. The smallest absolute Gasteiger partial charge is 0.266 e. The van der Waals surface area contributed by atoms with E-state index in [4.69, 9.17) is 35.4 Å². The maximum atomic E-state index is 12.1. The minimum Gasteiger partial charge on any atom is -0.293 e. The molecule has 0 unspecified atom stereocenters. The molecule has 1 heterocycles. The Bertz CT molecular complexity index is 575. The molecule has 1 saturated heterocycles. The van der Waals surface area contributed by atoms with Crippen LogP contribution >= 0.6 is 47.2 Å². The van der Waals surface area contributed by atoms with E-state index >= 15 is 0 Å². The first-order chi connectivity index (χ1) is 8.93. The summed E-state index contributed by atoms with van der Waals surface area (Å²) < 4.78 is 0.586. The lowest BCUT2D eigenvalue weighted by Gasteiger charge is -2.09. The Labute approximate surface area is 131 Å². The van der Waals surface area contributed by atoms with Crippen molar-refractivity contribution >= 4 is 63.5 Å². The van der Waals surface area contributed by atoms with Crippen molar-refractivity contribution in [1.29, 1.82) is 0 Å². The number of amides is 1. The van der Waals surface area contributed by atoms with Gasteiger partial charge in [0.1, 0.15) is 4.32 Å². The molecule has 1 aromatic carbocycles. The van der Waals surface area contributed by atoms with Crippen LogP contribution in [0.3, 0.4) is 0 Å². The summed E-state index contributed by atoms with van der Waals surface area (Å²) in [5.74, 6) is -0.0645. The van der Waals surface area contributed by atoms with Gasteiger partial charge in [-0.3, -0.25) is 9.69 Å². The van der Waals surface area contributed by atoms with Crippen molar-refractivity contribution in [1.82, 2.24) is 4.90 Å². The molecule has 1 amide bonds. The van der Waals surface area contributed by atoms with Gasteiger partial charge < -0.3 is 0 Å². The SMILES string of the molecule is CCN1C(=O)/C(=C/c2cc(Cl)c(C)c(Cl)c2)SC1=S. The van der Waals surface area contributed by atoms with Gasteiger partial charge in [-0.05, 0) is 43.2 Å². The third-order valence-electron chi connectivity index (χ3n) is 2.79. The summed E-state index contributed by atoms with van der Waals surface area (Å²) >= 11 is 18.6. The van der Waals surface area contributed by atoms with E-state index < -0.39 is 0 Å². The number of thiocarbonyl (C=S) groups is 1. The van der Waals surface area contributed by atoms with Crippen LogP contribution in [0.1, 0.15) is 18.1 Å². The van der Waals surface area contributed by atoms with Crippen molar-refractivity contribution < 1.29 is 4.79 Å². The van der Waals surface area contributed by atoms with Gasteiger partial charge >= 0.3 is 0 Å². The molecule has 1 aliphatic rings. The van der Waals surface area contributed by atoms with Gasteiger partial charge in [-0.2, -0.15) is 0 Å². The zero-order valence-corrected chi connectivity index (χ0v) is 13.5. The summed E-state index contributed by atoms with van der Waals surface area (Å²) in [5.41, 5.74) is 1.64. The van der Waals surface area contributed by atoms with Gasteiger partial charge in [0, 0.05) is 16.6 Å². The van der Waals surface area contributed by atoms with Gasteiger partial charge in [-0.1, -0.05) is 47.2 Å². The fourth-order valence-electron chi connectivity index (χ4n) is 1.67. The number of carbonyl (C=O) groups excluding carboxylic acids is 1. The minimum atomic E-state index is -0.0645. The van der Waals surface area contributed by atoms with E-state index in [2.05, 4.69) is 0 Å². The maximum Gasteiger partial charge on any atom is 0.266 e. The van der Waals surface area contributed by atoms with Gasteiger partial charge in [0.15, 0.2) is 0 Å². The lowest BCUT2D eigenvalue weighted by atomic mass is 10.1. The van der Waals surface area contributed by atoms with E-state index in [1.54, 1.807) is 23.1 Å². The summed E-state index contributed by atoms with van der Waals surface area (Å²) in [4.78, 5) is 14.2. The topological polar surface area (TPSA) is 20.3 Å². The van der Waals surface area contributed by atoms with Crippen molar-refractivity contribution in [3.8, 4) is 0 Å². The Kier molecular flexibility index (Phi) is 4.56. The van der Waals surface area contributed by atoms with Gasteiger partial charge in [0.25, 0.3) is 5.91 Å². The molecule has 0 N–H and O–H groups in total. The van der Waals surface area contributed by atoms with Crippen LogP contribution in [0.15, 0.2) is 17.0 Å². The number of halogens is 2. The molecule has 100 valence electrons. The molecule has 2 rings (SSSR count). The van der Waals surface area contributed by atoms with E-state index in [0.29, 0.717) is 25.8 Å². The fraction of sp³-hybridized carbons (Fsp3) is 0.231. The second-order valence-electron chi connectivity index (χ2n) is 4.04. The first kappa shape index (κ1) is 14.9. The van der Waals surface area contributed by atoms with Crippen LogP contribution < -0.4 is 0 Å². The second-order valence-corrected chi connectivity index (χ2v) is 6.53. The number of hydrogen-bond donors (Lipinski definition) is 0. The number of nitrogens with zero attached hydrogens (tertiary/aromatic N) is 1. The zero-order chi connectivity index (χ0) is 14.2. The molecule has 0 spiro atoms. The number of likely N-dealkylation sites (N-methyl/N-ethyl adjacent to an activating group) is 1. The Balaban J connectivity index is 2.38. The number of rotatable bonds is 2. The number of hydrogen-bond acceptors (Lipinski definition) is 3. The lowest BCUT2D eigenvalue weighted by Crippen LogP contribution is -2.27. The molecule has 1 aromatic rings. The molecular weight excluding hydrogens is 321 g/mol. The van der Waals surface area contributed by atoms with Crippen LogP contribution in [-0.4, -0.2) is 21.7 Å². The molecule has 1 aliphatic heterocycles. The second kappa shape index (κ2) is 5.83. The summed E-state index contributed by atoms with van der Waals surface area (Å²) in [6.45, 7) is 4.33. The lowest BCUT2D eigenvalue weighted by molar-refractivity contribution is -0.121. The van der Waals surface area contributed by atoms with Crippen molar-refractivity contribution in [3.63, 3.8) is 0 Å². The monoisotopic (exact) mass is 331 g/mol. The predicted molar refractivity (Wildman–Crippen MR) is 86.8 cm³/mol. The van der Waals surface area contributed by atoms with E-state index in [1.165, 1.54) is 11.8 Å². The van der Waals surface area contributed by atoms with Gasteiger partial charge in [0.2, 0.25) is 0 Å². The number of benzene rings is 1. The third-order valence-corrected chi connectivity index (χ3v) is 4.95. The molecule has 0 aromatic heterocycles. The maximum absolute atomic E-state index is 12.1. The standard InChI is InChI=1S/C13H11Cl2NOS2/c1-3-16-12(17)11(19-13(16)18)6-8-4-9(14)7(2)10(15)5-8/h4-6H,3H2,1-2H3/b11-6-. The van der Waals surface area contributed by atoms with Gasteiger partial charge in [0.05, 0.1) is 4.91 Å². The molecule has 6 heteroatoms. The fourth-order valence-corrected chi connectivity index (χ4v) is 3.56. The Morgan fingerprint density at radius 1 is 1.37 bits per heavy atom. The Morgan fingerprint density at radius 2 is 1.95 bits per heavy atom. The van der Waals surface area contributed by atoms with Crippen LogP contribution in [0.25, 0.3) is 6.08 Å². The third kappa shape index (κ3) is 2.97. The summed E-state index contributed by atoms with van der Waals surface area (Å²) in [6.07, 6.45) is 1.77. The summed E-state index contributed by atoms with van der Waals surface area (Å²) in [5, 5.41) is 1.18. The molecule has 0 atom stereocenters. The summed E-state index contributed by atoms with van der Waals surface area (Å²) in [7, 11) is 0. The van der Waals surface area contributed by atoms with E-state index in [1.807, 2.05) is 13.8 Å². The first-order valence-corrected chi connectivity index (χ1v) is 7.63. The highest BCUT2D eigenvalue weighted by Gasteiger charge is 2.30. The molecule has 1 fully saturated rings. The highest BCUT2D eigenvalue weighted by atomic mass is 35.5. The first-order valence-electron chi connectivity index (χ1n) is 5.65. The zero-order valence-electron chi connectivity index (χ0n) is 10.4. The van der Waals surface area contributed by atoms with E-state index in [9.17, 15) is 4.79 Å². The van der Waals surface area contributed by atoms with Crippen molar-refractivity contribution in [2.24, 2.45) is 0 Å². The Morgan fingerprint density at radius 3 is 2.42 bits per heavy atom. The minimum absolute atomic E-state index is 0.0645. The molecule has 0 aliphatic carbocycles. The molecule has 0 bridgehead atoms. The molecule has 0 radical (unpaired) electrons. The quantitative estimate of drug-likeness (QED) is 0.586. The average Bonchev–Trinajstić information content (AvgIpc) is 2.61. The summed E-state index contributed by atoms with van der Waals surface area (Å²) in [6, 6.07) is 3.59. The van der Waals surface area contributed by atoms with E-state index in [0.717, 1.165) is 11.1 Å². The van der Waals surface area contributed by atoms with Crippen molar-refractivity contribution in [2.45, 2.75) is 13.8 Å². The van der Waals surface area contributed by atoms with Gasteiger partial charge in [-0.15, -0.1) is 0 Å². The van der Waals surface area contributed by atoms with Crippen LogP contribution in [0.2, 0.25) is 10.0 Å². The van der Waals surface area contributed by atoms with Gasteiger partial charge in [-0.25, -0.2) is 0 Å². The van der Waals surface area contributed by atoms with Crippen molar-refractivity contribution in [3.05, 3.63) is 38.2 Å². The van der Waals surface area contributed by atoms with Crippen molar-refractivity contribution in [2.75, 3.05) is 6.54 Å². The van der Waals surface area contributed by atoms with E-state index in [-0.39, 0.29) is 5.91 Å². The molecule has 0 saturated carbocycles. The average molecular weight is 332 g/mol. The normalized spacial score (nSPS) is 17.7. The van der Waals surface area contributed by atoms with Crippen LogP contribution in [0.4, 0.5) is 0 Å². The number of thioether (sulfide) groups is 1. The van der Waals surface area contributed by atoms with Crippen LogP contribution in [-0.2, 0) is 4.79 Å². The largest absolute Gasteiger partial charge is 0.293 e. The molecule has 2 nitrogen and oxygen atoms in total. The molecular formula is C13H11Cl2NOS2. The Hall–Kier alpha value is -0.550. The molecule has 19 heavy (non-hydrogen) atoms. The highest BCUT2D eigenvalue weighted by Crippen LogP contribution is 2.34. The van der Waals surface area contributed by atoms with Crippen LogP contribution in [0, 0.1) is 6.92 Å². The number of carbonyl (C=O) groups is 1.